The van der Waals surface area contributed by atoms with Crippen molar-refractivity contribution in [3.05, 3.63) is 52.7 Å². The number of aromatic nitrogens is 2. The SMILES string of the molecule is Cc1ccc(-c2csc(NC(=O)Cc3csc(-c4ccco4)n3)n2)o1. The Morgan fingerprint density at radius 2 is 2.08 bits per heavy atom. The van der Waals surface area contributed by atoms with Gasteiger partial charge in [0.25, 0.3) is 0 Å². The molecule has 0 unspecified atom stereocenters. The molecule has 0 spiro atoms. The first kappa shape index (κ1) is 15.8. The third-order valence-corrected chi connectivity index (χ3v) is 5.03. The Balaban J connectivity index is 1.40. The zero-order chi connectivity index (χ0) is 17.2. The van der Waals surface area contributed by atoms with E-state index in [1.165, 1.54) is 22.7 Å². The van der Waals surface area contributed by atoms with Crippen LogP contribution in [0, 0.1) is 6.92 Å². The van der Waals surface area contributed by atoms with Crippen molar-refractivity contribution in [3.8, 4) is 22.2 Å². The van der Waals surface area contributed by atoms with Gasteiger partial charge >= 0.3 is 0 Å². The number of rotatable bonds is 5. The van der Waals surface area contributed by atoms with Gasteiger partial charge in [-0.25, -0.2) is 9.97 Å². The van der Waals surface area contributed by atoms with E-state index in [-0.39, 0.29) is 12.3 Å². The lowest BCUT2D eigenvalue weighted by atomic mass is 10.3. The summed E-state index contributed by atoms with van der Waals surface area (Å²) in [4.78, 5) is 21.0. The minimum atomic E-state index is -0.159. The normalized spacial score (nSPS) is 10.9. The molecule has 8 heteroatoms. The summed E-state index contributed by atoms with van der Waals surface area (Å²) in [5, 5.41) is 7.81. The van der Waals surface area contributed by atoms with E-state index in [4.69, 9.17) is 8.83 Å². The van der Waals surface area contributed by atoms with Gasteiger partial charge in [0.15, 0.2) is 21.7 Å². The molecule has 6 nitrogen and oxygen atoms in total. The number of nitrogens with zero attached hydrogens (tertiary/aromatic N) is 2. The highest BCUT2D eigenvalue weighted by atomic mass is 32.1. The topological polar surface area (TPSA) is 81.2 Å². The molecule has 1 N–H and O–H groups in total. The minimum absolute atomic E-state index is 0.159. The summed E-state index contributed by atoms with van der Waals surface area (Å²) >= 11 is 2.81. The number of hydrogen-bond donors (Lipinski definition) is 1. The predicted octanol–water partition coefficient (Wildman–Crippen LogP) is 4.61. The first-order valence-electron chi connectivity index (χ1n) is 7.48. The lowest BCUT2D eigenvalue weighted by Gasteiger charge is -1.99. The molecule has 0 fully saturated rings. The van der Waals surface area contributed by atoms with E-state index in [0.717, 1.165) is 10.8 Å². The maximum Gasteiger partial charge on any atom is 0.232 e. The monoisotopic (exact) mass is 371 g/mol. The molecule has 4 heterocycles. The molecular weight excluding hydrogens is 358 g/mol. The standard InChI is InChI=1S/C17H13N3O3S2/c1-10-4-5-13(23-10)12-9-25-17(19-12)20-15(21)7-11-8-24-16(18-11)14-3-2-6-22-14/h2-6,8-9H,7H2,1H3,(H,19,20,21). The summed E-state index contributed by atoms with van der Waals surface area (Å²) in [6, 6.07) is 7.40. The van der Waals surface area contributed by atoms with E-state index in [1.54, 1.807) is 6.26 Å². The summed E-state index contributed by atoms with van der Waals surface area (Å²) in [6.45, 7) is 1.88. The second-order valence-corrected chi connectivity index (χ2v) is 7.01. The highest BCUT2D eigenvalue weighted by Crippen LogP contribution is 2.27. The van der Waals surface area contributed by atoms with Crippen LogP contribution in [-0.4, -0.2) is 15.9 Å². The third kappa shape index (κ3) is 3.54. The number of anilines is 1. The Kier molecular flexibility index (Phi) is 4.21. The van der Waals surface area contributed by atoms with E-state index in [0.29, 0.717) is 28.0 Å². The smallest absolute Gasteiger partial charge is 0.232 e. The fourth-order valence-corrected chi connectivity index (χ4v) is 3.75. The van der Waals surface area contributed by atoms with E-state index in [1.807, 2.05) is 41.9 Å². The van der Waals surface area contributed by atoms with E-state index in [9.17, 15) is 4.79 Å². The largest absolute Gasteiger partial charge is 0.462 e. The fourth-order valence-electron chi connectivity index (χ4n) is 2.25. The van der Waals surface area contributed by atoms with Gasteiger partial charge < -0.3 is 14.2 Å². The highest BCUT2D eigenvalue weighted by Gasteiger charge is 2.13. The second-order valence-electron chi connectivity index (χ2n) is 5.29. The van der Waals surface area contributed by atoms with Crippen LogP contribution < -0.4 is 5.32 Å². The Morgan fingerprint density at radius 1 is 1.16 bits per heavy atom. The van der Waals surface area contributed by atoms with Crippen LogP contribution in [0.3, 0.4) is 0 Å². The van der Waals surface area contributed by atoms with Crippen molar-refractivity contribution in [3.63, 3.8) is 0 Å². The summed E-state index contributed by atoms with van der Waals surface area (Å²) in [5.74, 6) is 2.06. The van der Waals surface area contributed by atoms with E-state index >= 15 is 0 Å². The number of nitrogens with one attached hydrogen (secondary N) is 1. The maximum atomic E-state index is 12.2. The van der Waals surface area contributed by atoms with Gasteiger partial charge in [-0.15, -0.1) is 22.7 Å². The molecule has 0 atom stereocenters. The van der Waals surface area contributed by atoms with Crippen LogP contribution in [0.25, 0.3) is 22.2 Å². The Hall–Kier alpha value is -2.71. The molecule has 4 aromatic rings. The van der Waals surface area contributed by atoms with Crippen molar-refractivity contribution in [2.75, 3.05) is 5.32 Å². The van der Waals surface area contributed by atoms with Crippen molar-refractivity contribution in [1.29, 1.82) is 0 Å². The van der Waals surface area contributed by atoms with Gasteiger partial charge in [-0.2, -0.15) is 0 Å². The van der Waals surface area contributed by atoms with Gasteiger partial charge in [-0.1, -0.05) is 0 Å². The van der Waals surface area contributed by atoms with Crippen molar-refractivity contribution in [1.82, 2.24) is 9.97 Å². The summed E-state index contributed by atoms with van der Waals surface area (Å²) in [6.07, 6.45) is 1.79. The van der Waals surface area contributed by atoms with Crippen molar-refractivity contribution >= 4 is 33.7 Å². The van der Waals surface area contributed by atoms with Gasteiger partial charge in [0.2, 0.25) is 5.91 Å². The zero-order valence-corrected chi connectivity index (χ0v) is 14.8. The van der Waals surface area contributed by atoms with Crippen LogP contribution in [0.1, 0.15) is 11.5 Å². The summed E-state index contributed by atoms with van der Waals surface area (Å²) in [7, 11) is 0. The first-order chi connectivity index (χ1) is 12.2. The quantitative estimate of drug-likeness (QED) is 0.554. The molecule has 4 rings (SSSR count). The van der Waals surface area contributed by atoms with E-state index in [2.05, 4.69) is 15.3 Å². The number of carbonyl (C=O) groups excluding carboxylic acids is 1. The average Bonchev–Trinajstić information content (AvgIpc) is 3.34. The minimum Gasteiger partial charge on any atom is -0.462 e. The fraction of sp³-hybridized carbons (Fsp3) is 0.118. The number of aryl methyl sites for hydroxylation is 1. The Bertz CT molecular complexity index is 998. The lowest BCUT2D eigenvalue weighted by Crippen LogP contribution is -2.14. The van der Waals surface area contributed by atoms with Gasteiger partial charge in [0, 0.05) is 10.8 Å². The molecule has 0 saturated heterocycles. The average molecular weight is 371 g/mol. The van der Waals surface area contributed by atoms with Crippen LogP contribution in [0.2, 0.25) is 0 Å². The zero-order valence-electron chi connectivity index (χ0n) is 13.2. The number of furan rings is 2. The molecule has 4 aromatic heterocycles. The molecule has 0 saturated carbocycles. The first-order valence-corrected chi connectivity index (χ1v) is 9.24. The maximum absolute atomic E-state index is 12.2. The molecule has 0 aliphatic rings. The van der Waals surface area contributed by atoms with Crippen LogP contribution in [-0.2, 0) is 11.2 Å². The van der Waals surface area contributed by atoms with Crippen LogP contribution in [0.4, 0.5) is 5.13 Å². The highest BCUT2D eigenvalue weighted by molar-refractivity contribution is 7.14. The third-order valence-electron chi connectivity index (χ3n) is 3.37. The van der Waals surface area contributed by atoms with Crippen LogP contribution >= 0.6 is 22.7 Å². The molecule has 0 aromatic carbocycles. The van der Waals surface area contributed by atoms with Gasteiger partial charge in [-0.05, 0) is 31.2 Å². The number of carbonyl (C=O) groups is 1. The van der Waals surface area contributed by atoms with Crippen LogP contribution in [0.5, 0.6) is 0 Å². The molecule has 25 heavy (non-hydrogen) atoms. The molecule has 126 valence electrons. The van der Waals surface area contributed by atoms with E-state index < -0.39 is 0 Å². The molecular formula is C17H13N3O3S2. The number of thiazole rings is 2. The number of amides is 1. The summed E-state index contributed by atoms with van der Waals surface area (Å²) in [5.41, 5.74) is 1.41. The lowest BCUT2D eigenvalue weighted by molar-refractivity contribution is -0.115. The molecule has 0 aliphatic carbocycles. The molecule has 0 aliphatic heterocycles. The Morgan fingerprint density at radius 3 is 2.84 bits per heavy atom. The van der Waals surface area contributed by atoms with Crippen LogP contribution in [0.15, 0.2) is 50.1 Å². The number of hydrogen-bond acceptors (Lipinski definition) is 7. The Labute approximate surface area is 151 Å². The van der Waals surface area contributed by atoms with Crippen molar-refractivity contribution in [2.45, 2.75) is 13.3 Å². The van der Waals surface area contributed by atoms with Crippen molar-refractivity contribution in [2.24, 2.45) is 0 Å². The molecule has 0 radical (unpaired) electrons. The van der Waals surface area contributed by atoms with Gasteiger partial charge in [0.1, 0.15) is 11.5 Å². The van der Waals surface area contributed by atoms with Gasteiger partial charge in [0.05, 0.1) is 18.4 Å². The predicted molar refractivity (Wildman–Crippen MR) is 96.7 cm³/mol. The molecule has 1 amide bonds. The summed E-state index contributed by atoms with van der Waals surface area (Å²) < 4.78 is 10.8. The molecule has 0 bridgehead atoms. The van der Waals surface area contributed by atoms with Gasteiger partial charge in [-0.3, -0.25) is 4.79 Å². The van der Waals surface area contributed by atoms with Crippen molar-refractivity contribution < 1.29 is 13.6 Å². The second kappa shape index (κ2) is 6.66.